The van der Waals surface area contributed by atoms with Crippen molar-refractivity contribution in [3.8, 4) is 0 Å². The smallest absolute Gasteiger partial charge is 0.299 e. The molecule has 2 rings (SSSR count). The zero-order valence-corrected chi connectivity index (χ0v) is 13.2. The molecule has 126 valence electrons. The van der Waals surface area contributed by atoms with Crippen LogP contribution in [0.3, 0.4) is 0 Å². The SMILES string of the molecule is C[C@H](CNc1ccc([N+](=O)[O-])cc1[N+](=O)[O-])CN1CCCCC1. The Labute approximate surface area is 134 Å². The highest BCUT2D eigenvalue weighted by molar-refractivity contribution is 5.65. The summed E-state index contributed by atoms with van der Waals surface area (Å²) in [7, 11) is 0. The monoisotopic (exact) mass is 322 g/mol. The average Bonchev–Trinajstić information content (AvgIpc) is 2.53. The maximum absolute atomic E-state index is 11.1. The molecular formula is C15H22N4O4. The first-order valence-electron chi connectivity index (χ1n) is 7.86. The predicted molar refractivity (Wildman–Crippen MR) is 87.7 cm³/mol. The highest BCUT2D eigenvalue weighted by Gasteiger charge is 2.20. The molecular weight excluding hydrogens is 300 g/mol. The lowest BCUT2D eigenvalue weighted by Crippen LogP contribution is -2.35. The zero-order valence-electron chi connectivity index (χ0n) is 13.2. The molecule has 0 aromatic heterocycles. The number of nitro groups is 2. The molecule has 1 N–H and O–H groups in total. The maximum atomic E-state index is 11.1. The summed E-state index contributed by atoms with van der Waals surface area (Å²) in [6, 6.07) is 3.69. The molecule has 1 fully saturated rings. The van der Waals surface area contributed by atoms with Gasteiger partial charge in [0.15, 0.2) is 0 Å². The fourth-order valence-electron chi connectivity index (χ4n) is 2.87. The van der Waals surface area contributed by atoms with E-state index in [0.717, 1.165) is 25.7 Å². The van der Waals surface area contributed by atoms with Crippen molar-refractivity contribution < 1.29 is 9.85 Å². The molecule has 0 aliphatic carbocycles. The van der Waals surface area contributed by atoms with Crippen LogP contribution in [0.4, 0.5) is 17.1 Å². The van der Waals surface area contributed by atoms with Crippen LogP contribution >= 0.6 is 0 Å². The summed E-state index contributed by atoms with van der Waals surface area (Å²) in [5, 5.41) is 24.9. The Hall–Kier alpha value is -2.22. The van der Waals surface area contributed by atoms with E-state index in [9.17, 15) is 20.2 Å². The fourth-order valence-corrected chi connectivity index (χ4v) is 2.87. The van der Waals surface area contributed by atoms with Crippen LogP contribution in [-0.4, -0.2) is 40.9 Å². The summed E-state index contributed by atoms with van der Waals surface area (Å²) >= 11 is 0. The summed E-state index contributed by atoms with van der Waals surface area (Å²) in [6.07, 6.45) is 3.75. The minimum atomic E-state index is -0.629. The molecule has 0 radical (unpaired) electrons. The van der Waals surface area contributed by atoms with Crippen molar-refractivity contribution in [2.45, 2.75) is 26.2 Å². The van der Waals surface area contributed by atoms with Crippen LogP contribution in [0.25, 0.3) is 0 Å². The van der Waals surface area contributed by atoms with Crippen LogP contribution in [-0.2, 0) is 0 Å². The second kappa shape index (κ2) is 7.87. The molecule has 0 amide bonds. The van der Waals surface area contributed by atoms with Gasteiger partial charge in [-0.05, 0) is 37.9 Å². The molecule has 1 atom stereocenters. The summed E-state index contributed by atoms with van der Waals surface area (Å²) in [6.45, 7) is 5.87. The van der Waals surface area contributed by atoms with Crippen LogP contribution in [0.5, 0.6) is 0 Å². The Morgan fingerprint density at radius 2 is 1.87 bits per heavy atom. The fraction of sp³-hybridized carbons (Fsp3) is 0.600. The number of anilines is 1. The summed E-state index contributed by atoms with van der Waals surface area (Å²) < 4.78 is 0. The Kier molecular flexibility index (Phi) is 5.86. The van der Waals surface area contributed by atoms with E-state index in [0.29, 0.717) is 18.2 Å². The van der Waals surface area contributed by atoms with Crippen molar-refractivity contribution in [3.63, 3.8) is 0 Å². The van der Waals surface area contributed by atoms with Gasteiger partial charge in [0.25, 0.3) is 11.4 Å². The summed E-state index contributed by atoms with van der Waals surface area (Å²) in [5.74, 6) is 0.336. The lowest BCUT2D eigenvalue weighted by atomic mass is 10.1. The van der Waals surface area contributed by atoms with Gasteiger partial charge in [-0.25, -0.2) is 0 Å². The molecule has 0 unspecified atom stereocenters. The number of rotatable bonds is 7. The molecule has 1 aromatic carbocycles. The topological polar surface area (TPSA) is 102 Å². The van der Waals surface area contributed by atoms with E-state index in [1.807, 2.05) is 0 Å². The first-order chi connectivity index (χ1) is 11.0. The highest BCUT2D eigenvalue weighted by atomic mass is 16.6. The zero-order chi connectivity index (χ0) is 16.8. The number of piperidine rings is 1. The number of hydrogen-bond donors (Lipinski definition) is 1. The van der Waals surface area contributed by atoms with Gasteiger partial charge in [-0.3, -0.25) is 20.2 Å². The Bertz CT molecular complexity index is 573. The largest absolute Gasteiger partial charge is 0.379 e. The third-order valence-corrected chi connectivity index (χ3v) is 4.05. The van der Waals surface area contributed by atoms with Gasteiger partial charge >= 0.3 is 0 Å². The van der Waals surface area contributed by atoms with Gasteiger partial charge in [-0.1, -0.05) is 13.3 Å². The number of hydrogen-bond acceptors (Lipinski definition) is 6. The van der Waals surface area contributed by atoms with Crippen LogP contribution < -0.4 is 5.32 Å². The number of likely N-dealkylation sites (tertiary alicyclic amines) is 1. The summed E-state index contributed by atoms with van der Waals surface area (Å²) in [5.41, 5.74) is -0.209. The van der Waals surface area contributed by atoms with Gasteiger partial charge in [0.1, 0.15) is 5.69 Å². The second-order valence-corrected chi connectivity index (χ2v) is 6.06. The van der Waals surface area contributed by atoms with Crippen LogP contribution in [0.15, 0.2) is 18.2 Å². The number of nitro benzene ring substituents is 2. The van der Waals surface area contributed by atoms with E-state index in [4.69, 9.17) is 0 Å². The first-order valence-corrected chi connectivity index (χ1v) is 7.86. The molecule has 1 saturated heterocycles. The van der Waals surface area contributed by atoms with Crippen molar-refractivity contribution in [3.05, 3.63) is 38.4 Å². The van der Waals surface area contributed by atoms with E-state index in [1.165, 1.54) is 31.4 Å². The van der Waals surface area contributed by atoms with Gasteiger partial charge in [-0.15, -0.1) is 0 Å². The van der Waals surface area contributed by atoms with Crippen LogP contribution in [0, 0.1) is 26.1 Å². The molecule has 1 aliphatic heterocycles. The molecule has 23 heavy (non-hydrogen) atoms. The number of benzene rings is 1. The molecule has 0 bridgehead atoms. The van der Waals surface area contributed by atoms with Crippen molar-refractivity contribution in [1.29, 1.82) is 0 Å². The van der Waals surface area contributed by atoms with Crippen molar-refractivity contribution in [1.82, 2.24) is 4.90 Å². The van der Waals surface area contributed by atoms with Gasteiger partial charge in [0, 0.05) is 19.2 Å². The normalized spacial score (nSPS) is 16.7. The van der Waals surface area contributed by atoms with Crippen molar-refractivity contribution in [2.24, 2.45) is 5.92 Å². The van der Waals surface area contributed by atoms with Gasteiger partial charge in [0.2, 0.25) is 0 Å². The molecule has 8 nitrogen and oxygen atoms in total. The van der Waals surface area contributed by atoms with E-state index in [-0.39, 0.29) is 11.4 Å². The summed E-state index contributed by atoms with van der Waals surface area (Å²) in [4.78, 5) is 23.0. The third-order valence-electron chi connectivity index (χ3n) is 4.05. The second-order valence-electron chi connectivity index (χ2n) is 6.06. The lowest BCUT2D eigenvalue weighted by Gasteiger charge is -2.29. The number of non-ortho nitro benzene ring substituents is 1. The number of nitrogens with zero attached hydrogens (tertiary/aromatic N) is 3. The average molecular weight is 322 g/mol. The standard InChI is InChI=1S/C15H22N4O4/c1-12(11-17-7-3-2-4-8-17)10-16-14-6-5-13(18(20)21)9-15(14)19(22)23/h5-6,9,12,16H,2-4,7-8,10-11H2,1H3/t12-/m1/s1. The number of nitrogens with one attached hydrogen (secondary N) is 1. The van der Waals surface area contributed by atoms with Crippen molar-refractivity contribution in [2.75, 3.05) is 31.5 Å². The third kappa shape index (κ3) is 4.88. The Balaban J connectivity index is 1.96. The van der Waals surface area contributed by atoms with Crippen LogP contribution in [0.1, 0.15) is 26.2 Å². The van der Waals surface area contributed by atoms with Crippen molar-refractivity contribution >= 4 is 17.1 Å². The van der Waals surface area contributed by atoms with Crippen LogP contribution in [0.2, 0.25) is 0 Å². The highest BCUT2D eigenvalue weighted by Crippen LogP contribution is 2.29. The molecule has 1 aliphatic rings. The minimum Gasteiger partial charge on any atom is -0.379 e. The van der Waals surface area contributed by atoms with Gasteiger partial charge in [-0.2, -0.15) is 0 Å². The van der Waals surface area contributed by atoms with E-state index >= 15 is 0 Å². The predicted octanol–water partition coefficient (Wildman–Crippen LogP) is 3.04. The van der Waals surface area contributed by atoms with E-state index in [2.05, 4.69) is 17.1 Å². The maximum Gasteiger partial charge on any atom is 0.299 e. The Morgan fingerprint density at radius 1 is 1.17 bits per heavy atom. The molecule has 0 spiro atoms. The minimum absolute atomic E-state index is 0.260. The van der Waals surface area contributed by atoms with E-state index in [1.54, 1.807) is 0 Å². The Morgan fingerprint density at radius 3 is 2.48 bits per heavy atom. The van der Waals surface area contributed by atoms with E-state index < -0.39 is 9.85 Å². The molecule has 1 aromatic rings. The van der Waals surface area contributed by atoms with Gasteiger partial charge in [0.05, 0.1) is 15.9 Å². The van der Waals surface area contributed by atoms with Gasteiger partial charge < -0.3 is 10.2 Å². The quantitative estimate of drug-likeness (QED) is 0.611. The lowest BCUT2D eigenvalue weighted by molar-refractivity contribution is -0.393. The molecule has 8 heteroatoms. The first kappa shape index (κ1) is 17.1. The molecule has 1 heterocycles. The molecule has 0 saturated carbocycles.